The lowest BCUT2D eigenvalue weighted by Gasteiger charge is -2.08. The molecule has 0 saturated heterocycles. The van der Waals surface area contributed by atoms with Crippen LogP contribution in [0, 0.1) is 11.3 Å². The SMILES string of the molecule is N#Cc1ccc(NC(=O)c2cc(C(=O)Nc3cccc(Cl)c3)ccn2)cc1. The van der Waals surface area contributed by atoms with Gasteiger partial charge in [0.2, 0.25) is 0 Å². The smallest absolute Gasteiger partial charge is 0.274 e. The fourth-order valence-corrected chi connectivity index (χ4v) is 2.48. The van der Waals surface area contributed by atoms with Gasteiger partial charge in [-0.3, -0.25) is 14.6 Å². The van der Waals surface area contributed by atoms with E-state index in [1.165, 1.54) is 18.3 Å². The molecule has 1 heterocycles. The lowest BCUT2D eigenvalue weighted by Crippen LogP contribution is -2.17. The Morgan fingerprint density at radius 1 is 0.926 bits per heavy atom. The van der Waals surface area contributed by atoms with Gasteiger partial charge in [-0.05, 0) is 54.6 Å². The highest BCUT2D eigenvalue weighted by Gasteiger charge is 2.12. The van der Waals surface area contributed by atoms with Crippen molar-refractivity contribution in [2.75, 3.05) is 10.6 Å². The number of halogens is 1. The van der Waals surface area contributed by atoms with Gasteiger partial charge >= 0.3 is 0 Å². The fourth-order valence-electron chi connectivity index (χ4n) is 2.29. The molecule has 1 aromatic heterocycles. The van der Waals surface area contributed by atoms with Gasteiger partial charge in [-0.25, -0.2) is 0 Å². The van der Waals surface area contributed by atoms with Crippen LogP contribution in [0.4, 0.5) is 11.4 Å². The number of aromatic nitrogens is 1. The first-order chi connectivity index (χ1) is 13.0. The fraction of sp³-hybridized carbons (Fsp3) is 0. The number of rotatable bonds is 4. The Kier molecular flexibility index (Phi) is 5.45. The number of benzene rings is 2. The monoisotopic (exact) mass is 376 g/mol. The Morgan fingerprint density at radius 2 is 1.67 bits per heavy atom. The molecule has 0 bridgehead atoms. The minimum absolute atomic E-state index is 0.0955. The molecule has 0 saturated carbocycles. The lowest BCUT2D eigenvalue weighted by atomic mass is 10.2. The van der Waals surface area contributed by atoms with Gasteiger partial charge in [-0.1, -0.05) is 17.7 Å². The molecular formula is C20H13ClN4O2. The van der Waals surface area contributed by atoms with Crippen LogP contribution in [0.25, 0.3) is 0 Å². The Hall–Kier alpha value is -3.69. The van der Waals surface area contributed by atoms with Crippen molar-refractivity contribution in [3.8, 4) is 6.07 Å². The number of carbonyl (C=O) groups is 2. The third kappa shape index (κ3) is 4.69. The van der Waals surface area contributed by atoms with E-state index in [2.05, 4.69) is 15.6 Å². The van der Waals surface area contributed by atoms with Crippen molar-refractivity contribution in [3.05, 3.63) is 88.7 Å². The van der Waals surface area contributed by atoms with E-state index in [0.29, 0.717) is 22.0 Å². The Balaban J connectivity index is 1.73. The predicted molar refractivity (Wildman–Crippen MR) is 103 cm³/mol. The number of hydrogen-bond donors (Lipinski definition) is 2. The van der Waals surface area contributed by atoms with Crippen LogP contribution >= 0.6 is 11.6 Å². The number of amides is 2. The van der Waals surface area contributed by atoms with E-state index < -0.39 is 5.91 Å². The van der Waals surface area contributed by atoms with E-state index in [4.69, 9.17) is 16.9 Å². The average Bonchev–Trinajstić information content (AvgIpc) is 2.68. The first kappa shape index (κ1) is 18.1. The van der Waals surface area contributed by atoms with Crippen LogP contribution in [0.3, 0.4) is 0 Å². The van der Waals surface area contributed by atoms with E-state index in [0.717, 1.165) is 0 Å². The van der Waals surface area contributed by atoms with Crippen molar-refractivity contribution >= 4 is 34.8 Å². The summed E-state index contributed by atoms with van der Waals surface area (Å²) in [5.41, 5.74) is 1.95. The molecule has 132 valence electrons. The first-order valence-corrected chi connectivity index (χ1v) is 8.27. The highest BCUT2D eigenvalue weighted by molar-refractivity contribution is 6.31. The highest BCUT2D eigenvalue weighted by atomic mass is 35.5. The molecule has 0 aliphatic heterocycles. The van der Waals surface area contributed by atoms with Crippen molar-refractivity contribution in [1.29, 1.82) is 5.26 Å². The van der Waals surface area contributed by atoms with Gasteiger partial charge in [0.25, 0.3) is 11.8 Å². The van der Waals surface area contributed by atoms with Crippen molar-refractivity contribution < 1.29 is 9.59 Å². The van der Waals surface area contributed by atoms with Crippen LogP contribution in [-0.2, 0) is 0 Å². The molecule has 3 aromatic rings. The van der Waals surface area contributed by atoms with Crippen molar-refractivity contribution in [2.24, 2.45) is 0 Å². The van der Waals surface area contributed by atoms with E-state index >= 15 is 0 Å². The van der Waals surface area contributed by atoms with E-state index in [1.54, 1.807) is 48.5 Å². The number of anilines is 2. The maximum Gasteiger partial charge on any atom is 0.274 e. The van der Waals surface area contributed by atoms with E-state index in [1.807, 2.05) is 6.07 Å². The van der Waals surface area contributed by atoms with Gasteiger partial charge in [0.05, 0.1) is 11.6 Å². The van der Waals surface area contributed by atoms with Crippen LogP contribution in [0.2, 0.25) is 5.02 Å². The van der Waals surface area contributed by atoms with Crippen molar-refractivity contribution in [2.45, 2.75) is 0 Å². The highest BCUT2D eigenvalue weighted by Crippen LogP contribution is 2.16. The summed E-state index contributed by atoms with van der Waals surface area (Å²) in [5, 5.41) is 14.7. The Labute approximate surface area is 160 Å². The van der Waals surface area contributed by atoms with E-state index in [-0.39, 0.29) is 17.2 Å². The molecule has 27 heavy (non-hydrogen) atoms. The number of nitrogens with one attached hydrogen (secondary N) is 2. The number of nitriles is 1. The normalized spacial score (nSPS) is 9.93. The van der Waals surface area contributed by atoms with Gasteiger partial charge in [0, 0.05) is 28.2 Å². The van der Waals surface area contributed by atoms with Gasteiger partial charge < -0.3 is 10.6 Å². The summed E-state index contributed by atoms with van der Waals surface area (Å²) in [6.07, 6.45) is 1.39. The number of nitrogens with zero attached hydrogens (tertiary/aromatic N) is 2. The molecular weight excluding hydrogens is 364 g/mol. The number of hydrogen-bond acceptors (Lipinski definition) is 4. The Morgan fingerprint density at radius 3 is 2.37 bits per heavy atom. The quantitative estimate of drug-likeness (QED) is 0.716. The zero-order valence-electron chi connectivity index (χ0n) is 13.9. The minimum atomic E-state index is -0.461. The van der Waals surface area contributed by atoms with Crippen LogP contribution in [-0.4, -0.2) is 16.8 Å². The van der Waals surface area contributed by atoms with Crippen LogP contribution in [0.15, 0.2) is 66.9 Å². The van der Waals surface area contributed by atoms with Crippen LogP contribution < -0.4 is 10.6 Å². The van der Waals surface area contributed by atoms with Gasteiger partial charge in [-0.15, -0.1) is 0 Å². The second-order valence-corrected chi connectivity index (χ2v) is 5.97. The summed E-state index contributed by atoms with van der Waals surface area (Å²) in [4.78, 5) is 28.8. The molecule has 0 unspecified atom stereocenters. The molecule has 3 rings (SSSR count). The van der Waals surface area contributed by atoms with Crippen molar-refractivity contribution in [1.82, 2.24) is 4.98 Å². The summed E-state index contributed by atoms with van der Waals surface area (Å²) >= 11 is 5.91. The van der Waals surface area contributed by atoms with Crippen LogP contribution in [0.1, 0.15) is 26.4 Å². The largest absolute Gasteiger partial charge is 0.322 e. The molecule has 0 aliphatic rings. The standard InChI is InChI=1S/C20H13ClN4O2/c21-15-2-1-3-17(11-15)25-19(26)14-8-9-23-18(10-14)20(27)24-16-6-4-13(12-22)5-7-16/h1-11H,(H,24,27)(H,25,26). The molecule has 0 fully saturated rings. The summed E-state index contributed by atoms with van der Waals surface area (Å²) in [7, 11) is 0. The zero-order valence-corrected chi connectivity index (χ0v) is 14.7. The van der Waals surface area contributed by atoms with Crippen LogP contribution in [0.5, 0.6) is 0 Å². The number of pyridine rings is 1. The lowest BCUT2D eigenvalue weighted by molar-refractivity contribution is 0.102. The maximum absolute atomic E-state index is 12.4. The summed E-state index contributed by atoms with van der Waals surface area (Å²) in [5.74, 6) is -0.843. The van der Waals surface area contributed by atoms with Gasteiger partial charge in [0.1, 0.15) is 5.69 Å². The average molecular weight is 377 g/mol. The van der Waals surface area contributed by atoms with Crippen molar-refractivity contribution in [3.63, 3.8) is 0 Å². The minimum Gasteiger partial charge on any atom is -0.322 e. The topological polar surface area (TPSA) is 94.9 Å². The Bertz CT molecular complexity index is 1040. The van der Waals surface area contributed by atoms with E-state index in [9.17, 15) is 9.59 Å². The molecule has 0 aliphatic carbocycles. The molecule has 0 atom stereocenters. The molecule has 2 aromatic carbocycles. The summed E-state index contributed by atoms with van der Waals surface area (Å²) < 4.78 is 0. The number of carbonyl (C=O) groups excluding carboxylic acids is 2. The summed E-state index contributed by atoms with van der Waals surface area (Å²) in [6, 6.07) is 18.1. The molecule has 6 nitrogen and oxygen atoms in total. The predicted octanol–water partition coefficient (Wildman–Crippen LogP) is 4.11. The third-order valence-electron chi connectivity index (χ3n) is 3.61. The second-order valence-electron chi connectivity index (χ2n) is 5.54. The first-order valence-electron chi connectivity index (χ1n) is 7.89. The molecule has 7 heteroatoms. The van der Waals surface area contributed by atoms with Gasteiger partial charge in [0.15, 0.2) is 0 Å². The molecule has 0 spiro atoms. The molecule has 0 radical (unpaired) electrons. The maximum atomic E-state index is 12.4. The summed E-state index contributed by atoms with van der Waals surface area (Å²) in [6.45, 7) is 0. The molecule has 2 amide bonds. The van der Waals surface area contributed by atoms with Gasteiger partial charge in [-0.2, -0.15) is 5.26 Å². The second kappa shape index (κ2) is 8.13. The third-order valence-corrected chi connectivity index (χ3v) is 3.84. The molecule has 2 N–H and O–H groups in total. The zero-order chi connectivity index (χ0) is 19.2.